The van der Waals surface area contributed by atoms with E-state index in [1.807, 2.05) is 12.3 Å². The highest BCUT2D eigenvalue weighted by Gasteiger charge is 2.25. The van der Waals surface area contributed by atoms with Gasteiger partial charge in [-0.3, -0.25) is 4.98 Å². The lowest BCUT2D eigenvalue weighted by atomic mass is 9.80. The zero-order valence-electron chi connectivity index (χ0n) is 18.6. The minimum Gasteiger partial charge on any atom is -0.478 e. The number of carboxylic acids is 1. The van der Waals surface area contributed by atoms with Gasteiger partial charge in [0, 0.05) is 21.6 Å². The molecule has 0 spiro atoms. The van der Waals surface area contributed by atoms with Crippen molar-refractivity contribution in [1.82, 2.24) is 4.98 Å². The van der Waals surface area contributed by atoms with E-state index in [1.54, 1.807) is 13.0 Å². The molecule has 0 saturated carbocycles. The molecule has 1 aliphatic rings. The molecule has 1 unspecified atom stereocenters. The predicted octanol–water partition coefficient (Wildman–Crippen LogP) is 7.83. The number of rotatable bonds is 4. The van der Waals surface area contributed by atoms with E-state index < -0.39 is 11.8 Å². The molecule has 166 valence electrons. The average molecular weight is 496 g/mol. The van der Waals surface area contributed by atoms with Gasteiger partial charge in [-0.15, -0.1) is 0 Å². The largest absolute Gasteiger partial charge is 0.478 e. The first kappa shape index (κ1) is 22.7. The van der Waals surface area contributed by atoms with Gasteiger partial charge >= 0.3 is 5.97 Å². The highest BCUT2D eigenvalue weighted by molar-refractivity contribution is 9.10. The lowest BCUT2D eigenvalue weighted by molar-refractivity contribution is 0.0696. The zero-order chi connectivity index (χ0) is 23.0. The summed E-state index contributed by atoms with van der Waals surface area (Å²) in [5.74, 6) is -0.686. The Bertz CT molecular complexity index is 1210. The van der Waals surface area contributed by atoms with Gasteiger partial charge in [0.2, 0.25) is 0 Å². The lowest BCUT2D eigenvalue weighted by Gasteiger charge is -2.25. The quantitative estimate of drug-likeness (QED) is 0.401. The molecular formula is C27H27BrFNO2. The first-order valence-corrected chi connectivity index (χ1v) is 11.8. The van der Waals surface area contributed by atoms with Crippen LogP contribution in [0.25, 0.3) is 16.5 Å². The number of carbonyl (C=O) groups is 1. The molecule has 5 heteroatoms. The van der Waals surface area contributed by atoms with Crippen molar-refractivity contribution in [1.29, 1.82) is 0 Å². The van der Waals surface area contributed by atoms with Gasteiger partial charge in [-0.05, 0) is 104 Å². The molecule has 0 saturated heterocycles. The van der Waals surface area contributed by atoms with E-state index in [0.717, 1.165) is 52.7 Å². The second-order valence-electron chi connectivity index (χ2n) is 8.87. The summed E-state index contributed by atoms with van der Waals surface area (Å²) >= 11 is 3.65. The molecule has 0 aliphatic heterocycles. The Hall–Kier alpha value is -2.53. The number of aromatic nitrogens is 1. The van der Waals surface area contributed by atoms with Crippen molar-refractivity contribution in [3.63, 3.8) is 0 Å². The SMILES string of the molecule is Cc1cc2nccc(Br)c2cc1[C@H](C)C1CCC=C(c2c(C)cc(C(=O)O)cc2F)CC1. The third-order valence-electron chi connectivity index (χ3n) is 6.84. The number of hydrogen-bond donors (Lipinski definition) is 1. The second kappa shape index (κ2) is 9.14. The number of aromatic carboxylic acids is 1. The van der Waals surface area contributed by atoms with Crippen molar-refractivity contribution in [3.8, 4) is 0 Å². The fourth-order valence-electron chi connectivity index (χ4n) is 5.09. The number of allylic oxidation sites excluding steroid dienone is 2. The van der Waals surface area contributed by atoms with E-state index >= 15 is 0 Å². The highest BCUT2D eigenvalue weighted by Crippen LogP contribution is 2.40. The summed E-state index contributed by atoms with van der Waals surface area (Å²) in [6, 6.07) is 9.10. The molecule has 32 heavy (non-hydrogen) atoms. The van der Waals surface area contributed by atoms with E-state index in [1.165, 1.54) is 11.1 Å². The number of benzene rings is 2. The van der Waals surface area contributed by atoms with Crippen LogP contribution < -0.4 is 0 Å². The number of hydrogen-bond acceptors (Lipinski definition) is 2. The van der Waals surface area contributed by atoms with E-state index in [2.05, 4.69) is 53.0 Å². The molecule has 0 bridgehead atoms. The van der Waals surface area contributed by atoms with Crippen LogP contribution in [0.1, 0.15) is 71.1 Å². The summed E-state index contributed by atoms with van der Waals surface area (Å²) in [5, 5.41) is 10.3. The third-order valence-corrected chi connectivity index (χ3v) is 7.53. The van der Waals surface area contributed by atoms with Crippen molar-refractivity contribution in [3.05, 3.63) is 80.7 Å². The van der Waals surface area contributed by atoms with Gasteiger partial charge in [0.1, 0.15) is 5.82 Å². The lowest BCUT2D eigenvalue weighted by Crippen LogP contribution is -2.11. The number of nitrogens with zero attached hydrogens (tertiary/aromatic N) is 1. The molecule has 0 radical (unpaired) electrons. The van der Waals surface area contributed by atoms with Crippen LogP contribution >= 0.6 is 15.9 Å². The number of pyridine rings is 1. The Morgan fingerprint density at radius 3 is 2.69 bits per heavy atom. The third kappa shape index (κ3) is 4.36. The Labute approximate surface area is 196 Å². The van der Waals surface area contributed by atoms with E-state index in [4.69, 9.17) is 0 Å². The minimum atomic E-state index is -1.10. The van der Waals surface area contributed by atoms with Gasteiger partial charge in [0.15, 0.2) is 0 Å². The van der Waals surface area contributed by atoms with Gasteiger partial charge in [0.25, 0.3) is 0 Å². The molecule has 2 aromatic carbocycles. The molecule has 1 aromatic heterocycles. The molecule has 1 heterocycles. The monoisotopic (exact) mass is 495 g/mol. The molecule has 1 N–H and O–H groups in total. The maximum Gasteiger partial charge on any atom is 0.335 e. The Morgan fingerprint density at radius 2 is 1.97 bits per heavy atom. The van der Waals surface area contributed by atoms with Crippen LogP contribution in [-0.4, -0.2) is 16.1 Å². The van der Waals surface area contributed by atoms with Crippen molar-refractivity contribution >= 4 is 38.4 Å². The topological polar surface area (TPSA) is 50.2 Å². The molecule has 2 atom stereocenters. The van der Waals surface area contributed by atoms with Gasteiger partial charge in [0.05, 0.1) is 11.1 Å². The van der Waals surface area contributed by atoms with Crippen molar-refractivity contribution in [2.24, 2.45) is 5.92 Å². The fraction of sp³-hybridized carbons (Fsp3) is 0.333. The average Bonchev–Trinajstić information content (AvgIpc) is 2.99. The summed E-state index contributed by atoms with van der Waals surface area (Å²) in [7, 11) is 0. The van der Waals surface area contributed by atoms with E-state index in [-0.39, 0.29) is 5.56 Å². The first-order valence-electron chi connectivity index (χ1n) is 11.0. The first-order chi connectivity index (χ1) is 15.3. The van der Waals surface area contributed by atoms with Crippen LogP contribution in [-0.2, 0) is 0 Å². The van der Waals surface area contributed by atoms with Gasteiger partial charge in [-0.1, -0.05) is 28.9 Å². The summed E-state index contributed by atoms with van der Waals surface area (Å²) in [6.07, 6.45) is 7.66. The summed E-state index contributed by atoms with van der Waals surface area (Å²) < 4.78 is 15.9. The second-order valence-corrected chi connectivity index (χ2v) is 9.72. The zero-order valence-corrected chi connectivity index (χ0v) is 20.2. The Kier molecular flexibility index (Phi) is 6.47. The van der Waals surface area contributed by atoms with Gasteiger partial charge < -0.3 is 5.11 Å². The molecule has 4 rings (SSSR count). The standard InChI is InChI=1S/C27H27BrFNO2/c1-15-12-25-22(23(28)9-10-30-25)14-21(15)17(3)18-5-4-6-19(8-7-18)26-16(2)11-20(27(31)32)13-24(26)29/h6,9-14,17-18H,4-5,7-8H2,1-3H3,(H,31,32)/t17-,18?/m1/s1. The van der Waals surface area contributed by atoms with Crippen molar-refractivity contribution in [2.75, 3.05) is 0 Å². The molecule has 1 aliphatic carbocycles. The fourth-order valence-corrected chi connectivity index (χ4v) is 5.52. The van der Waals surface area contributed by atoms with E-state index in [0.29, 0.717) is 23.0 Å². The maximum atomic E-state index is 14.8. The van der Waals surface area contributed by atoms with Crippen molar-refractivity contribution in [2.45, 2.75) is 52.4 Å². The molecule has 3 nitrogen and oxygen atoms in total. The predicted molar refractivity (Wildman–Crippen MR) is 131 cm³/mol. The van der Waals surface area contributed by atoms with Gasteiger partial charge in [-0.2, -0.15) is 0 Å². The summed E-state index contributed by atoms with van der Waals surface area (Å²) in [5.41, 5.74) is 5.83. The summed E-state index contributed by atoms with van der Waals surface area (Å²) in [6.45, 7) is 6.24. The van der Waals surface area contributed by atoms with Crippen LogP contribution in [0, 0.1) is 25.6 Å². The van der Waals surface area contributed by atoms with Crippen LogP contribution in [0.3, 0.4) is 0 Å². The van der Waals surface area contributed by atoms with Crippen LogP contribution in [0.15, 0.2) is 47.1 Å². The van der Waals surface area contributed by atoms with Gasteiger partial charge in [-0.25, -0.2) is 9.18 Å². The molecule has 3 aromatic rings. The van der Waals surface area contributed by atoms with Crippen LogP contribution in [0.2, 0.25) is 0 Å². The normalized spacial score (nSPS) is 17.7. The minimum absolute atomic E-state index is 0.00287. The number of fused-ring (bicyclic) bond motifs is 1. The Balaban J connectivity index is 1.58. The number of carboxylic acid groups (broad SMARTS) is 1. The number of aryl methyl sites for hydroxylation is 2. The molecular weight excluding hydrogens is 469 g/mol. The Morgan fingerprint density at radius 1 is 1.19 bits per heavy atom. The van der Waals surface area contributed by atoms with Crippen LogP contribution in [0.5, 0.6) is 0 Å². The molecule has 0 fully saturated rings. The maximum absolute atomic E-state index is 14.8. The number of halogens is 2. The molecule has 0 amide bonds. The van der Waals surface area contributed by atoms with Crippen molar-refractivity contribution < 1.29 is 14.3 Å². The summed E-state index contributed by atoms with van der Waals surface area (Å²) in [4.78, 5) is 15.7. The van der Waals surface area contributed by atoms with E-state index in [9.17, 15) is 14.3 Å². The van der Waals surface area contributed by atoms with Crippen LogP contribution in [0.4, 0.5) is 4.39 Å². The highest BCUT2D eigenvalue weighted by atomic mass is 79.9. The smallest absolute Gasteiger partial charge is 0.335 e.